The molecule has 3 heterocycles. The highest BCUT2D eigenvalue weighted by molar-refractivity contribution is 7.89. The first-order chi connectivity index (χ1) is 16.4. The molecule has 0 bridgehead atoms. The summed E-state index contributed by atoms with van der Waals surface area (Å²) in [6.07, 6.45) is 1.91. The second kappa shape index (κ2) is 9.02. The molecule has 0 aliphatic carbocycles. The monoisotopic (exact) mass is 476 g/mol. The Morgan fingerprint density at radius 3 is 2.53 bits per heavy atom. The highest BCUT2D eigenvalue weighted by atomic mass is 32.2. The van der Waals surface area contributed by atoms with Gasteiger partial charge in [-0.15, -0.1) is 0 Å². The van der Waals surface area contributed by atoms with Crippen molar-refractivity contribution < 1.29 is 17.9 Å². The van der Waals surface area contributed by atoms with Crippen LogP contribution in [0.3, 0.4) is 0 Å². The molecule has 0 unspecified atom stereocenters. The van der Waals surface area contributed by atoms with Gasteiger partial charge in [-0.25, -0.2) is 13.4 Å². The Balaban J connectivity index is 1.51. The maximum atomic E-state index is 13.3. The van der Waals surface area contributed by atoms with Crippen LogP contribution in [0.15, 0.2) is 77.8 Å². The van der Waals surface area contributed by atoms with E-state index in [-0.39, 0.29) is 10.5 Å². The first kappa shape index (κ1) is 22.3. The lowest BCUT2D eigenvalue weighted by Gasteiger charge is -2.26. The molecule has 0 spiro atoms. The van der Waals surface area contributed by atoms with Crippen molar-refractivity contribution in [2.75, 3.05) is 31.6 Å². The van der Waals surface area contributed by atoms with Gasteiger partial charge in [-0.3, -0.25) is 9.20 Å². The normalized spacial score (nSPS) is 14.9. The van der Waals surface area contributed by atoms with E-state index < -0.39 is 15.9 Å². The molecule has 0 radical (unpaired) electrons. The Morgan fingerprint density at radius 2 is 1.76 bits per heavy atom. The van der Waals surface area contributed by atoms with Crippen molar-refractivity contribution in [2.45, 2.75) is 11.8 Å². The summed E-state index contributed by atoms with van der Waals surface area (Å²) in [4.78, 5) is 18.1. The highest BCUT2D eigenvalue weighted by Gasteiger charge is 2.27. The number of amides is 1. The number of ether oxygens (including phenoxy) is 1. The zero-order valence-electron chi connectivity index (χ0n) is 18.6. The number of hydrogen-bond donors (Lipinski definition) is 1. The van der Waals surface area contributed by atoms with Crippen molar-refractivity contribution >= 4 is 27.4 Å². The van der Waals surface area contributed by atoms with Crippen LogP contribution in [0.2, 0.25) is 0 Å². The van der Waals surface area contributed by atoms with Gasteiger partial charge in [-0.1, -0.05) is 42.5 Å². The van der Waals surface area contributed by atoms with Gasteiger partial charge >= 0.3 is 0 Å². The molecule has 9 heteroatoms. The molecule has 0 atom stereocenters. The molecule has 0 saturated carbocycles. The molecular weight excluding hydrogens is 452 g/mol. The number of benzene rings is 2. The Kier molecular flexibility index (Phi) is 5.91. The van der Waals surface area contributed by atoms with Crippen molar-refractivity contribution in [2.24, 2.45) is 0 Å². The van der Waals surface area contributed by atoms with Crippen LogP contribution in [0.5, 0.6) is 0 Å². The number of nitrogens with zero attached hydrogens (tertiary/aromatic N) is 3. The fraction of sp³-hybridized carbons (Fsp3) is 0.200. The number of sulfonamides is 1. The van der Waals surface area contributed by atoms with Gasteiger partial charge < -0.3 is 10.1 Å². The summed E-state index contributed by atoms with van der Waals surface area (Å²) < 4.78 is 34.6. The number of morpholine rings is 1. The van der Waals surface area contributed by atoms with Gasteiger partial charge in [0.1, 0.15) is 17.2 Å². The zero-order valence-corrected chi connectivity index (χ0v) is 19.5. The van der Waals surface area contributed by atoms with Crippen molar-refractivity contribution in [3.8, 4) is 11.3 Å². The van der Waals surface area contributed by atoms with Crippen LogP contribution in [0.4, 0.5) is 5.82 Å². The predicted octanol–water partition coefficient (Wildman–Crippen LogP) is 3.58. The van der Waals surface area contributed by atoms with Gasteiger partial charge in [-0.2, -0.15) is 4.31 Å². The molecule has 1 amide bonds. The van der Waals surface area contributed by atoms with Crippen LogP contribution in [-0.4, -0.2) is 54.3 Å². The molecule has 2 aromatic carbocycles. The standard InChI is InChI=1S/C25H24N4O4S/c1-18-10-11-22-26-23(19-6-3-2-4-7-19)24(29(22)17-18)27-25(30)20-8-5-9-21(16-20)34(31,32)28-12-14-33-15-13-28/h2-11,16-17H,12-15H2,1H3,(H,27,30). The Labute approximate surface area is 197 Å². The minimum absolute atomic E-state index is 0.0827. The number of hydrogen-bond acceptors (Lipinski definition) is 5. The van der Waals surface area contributed by atoms with Gasteiger partial charge in [0.15, 0.2) is 0 Å². The van der Waals surface area contributed by atoms with Crippen molar-refractivity contribution in [1.82, 2.24) is 13.7 Å². The molecular formula is C25H24N4O4S. The molecule has 2 aromatic heterocycles. The number of imidazole rings is 1. The number of aromatic nitrogens is 2. The van der Waals surface area contributed by atoms with Crippen molar-refractivity contribution in [3.05, 3.63) is 84.1 Å². The summed E-state index contributed by atoms with van der Waals surface area (Å²) >= 11 is 0. The number of anilines is 1. The van der Waals surface area contributed by atoms with E-state index in [1.807, 2.05) is 60.0 Å². The van der Waals surface area contributed by atoms with E-state index in [9.17, 15) is 13.2 Å². The number of aryl methyl sites for hydroxylation is 1. The minimum Gasteiger partial charge on any atom is -0.379 e. The van der Waals surface area contributed by atoms with Crippen LogP contribution < -0.4 is 5.32 Å². The van der Waals surface area contributed by atoms with Crippen molar-refractivity contribution in [3.63, 3.8) is 0 Å². The maximum absolute atomic E-state index is 13.3. The summed E-state index contributed by atoms with van der Waals surface area (Å²) in [5.41, 5.74) is 3.46. The second-order valence-electron chi connectivity index (χ2n) is 8.11. The Hall–Kier alpha value is -3.53. The first-order valence-corrected chi connectivity index (χ1v) is 12.4. The van der Waals surface area contributed by atoms with E-state index in [1.165, 1.54) is 16.4 Å². The number of pyridine rings is 1. The van der Waals surface area contributed by atoms with Crippen LogP contribution >= 0.6 is 0 Å². The fourth-order valence-corrected chi connectivity index (χ4v) is 5.44. The summed E-state index contributed by atoms with van der Waals surface area (Å²) in [6, 6.07) is 19.6. The summed E-state index contributed by atoms with van der Waals surface area (Å²) in [5, 5.41) is 2.97. The highest BCUT2D eigenvalue weighted by Crippen LogP contribution is 2.29. The summed E-state index contributed by atoms with van der Waals surface area (Å²) in [7, 11) is -3.72. The lowest BCUT2D eigenvalue weighted by molar-refractivity contribution is 0.0730. The Bertz CT molecular complexity index is 1460. The smallest absolute Gasteiger partial charge is 0.256 e. The van der Waals surface area contributed by atoms with E-state index in [2.05, 4.69) is 5.32 Å². The lowest BCUT2D eigenvalue weighted by atomic mass is 10.1. The van der Waals surface area contributed by atoms with Crippen LogP contribution in [0.25, 0.3) is 16.9 Å². The lowest BCUT2D eigenvalue weighted by Crippen LogP contribution is -2.40. The molecule has 8 nitrogen and oxygen atoms in total. The van der Waals surface area contributed by atoms with E-state index >= 15 is 0 Å². The van der Waals surface area contributed by atoms with E-state index in [1.54, 1.807) is 12.1 Å². The fourth-order valence-electron chi connectivity index (χ4n) is 3.98. The molecule has 34 heavy (non-hydrogen) atoms. The summed E-state index contributed by atoms with van der Waals surface area (Å²) in [6.45, 7) is 3.26. The minimum atomic E-state index is -3.72. The molecule has 1 aliphatic rings. The number of carbonyl (C=O) groups excluding carboxylic acids is 1. The molecule has 4 aromatic rings. The van der Waals surface area contributed by atoms with Crippen LogP contribution in [0, 0.1) is 6.92 Å². The summed E-state index contributed by atoms with van der Waals surface area (Å²) in [5.74, 6) is 0.107. The molecule has 5 rings (SSSR count). The number of nitrogens with one attached hydrogen (secondary N) is 1. The first-order valence-electron chi connectivity index (χ1n) is 11.0. The topological polar surface area (TPSA) is 93.0 Å². The molecule has 174 valence electrons. The third-order valence-electron chi connectivity index (χ3n) is 5.75. The van der Waals surface area contributed by atoms with Gasteiger partial charge in [0.05, 0.1) is 18.1 Å². The van der Waals surface area contributed by atoms with E-state index in [4.69, 9.17) is 9.72 Å². The number of carbonyl (C=O) groups is 1. The average molecular weight is 477 g/mol. The SMILES string of the molecule is Cc1ccc2nc(-c3ccccc3)c(NC(=O)c3cccc(S(=O)(=O)N4CCOCC4)c3)n2c1. The quantitative estimate of drug-likeness (QED) is 0.475. The second-order valence-corrected chi connectivity index (χ2v) is 10.0. The van der Waals surface area contributed by atoms with Crippen LogP contribution in [-0.2, 0) is 14.8 Å². The molecule has 1 saturated heterocycles. The molecule has 1 N–H and O–H groups in total. The Morgan fingerprint density at radius 1 is 1.00 bits per heavy atom. The third-order valence-corrected chi connectivity index (χ3v) is 7.64. The zero-order chi connectivity index (χ0) is 23.7. The van der Waals surface area contributed by atoms with Gasteiger partial charge in [0.2, 0.25) is 10.0 Å². The van der Waals surface area contributed by atoms with Gasteiger partial charge in [0, 0.05) is 30.4 Å². The average Bonchev–Trinajstić information content (AvgIpc) is 3.22. The largest absolute Gasteiger partial charge is 0.379 e. The predicted molar refractivity (Wildman–Crippen MR) is 129 cm³/mol. The van der Waals surface area contributed by atoms with Crippen molar-refractivity contribution in [1.29, 1.82) is 0 Å². The van der Waals surface area contributed by atoms with Crippen LogP contribution in [0.1, 0.15) is 15.9 Å². The van der Waals surface area contributed by atoms with E-state index in [0.717, 1.165) is 11.1 Å². The third kappa shape index (κ3) is 4.21. The van der Waals surface area contributed by atoms with Gasteiger partial charge in [-0.05, 0) is 36.8 Å². The number of rotatable bonds is 5. The molecule has 1 aliphatic heterocycles. The molecule has 1 fully saturated rings. The number of fused-ring (bicyclic) bond motifs is 1. The van der Waals surface area contributed by atoms with Gasteiger partial charge in [0.25, 0.3) is 5.91 Å². The van der Waals surface area contributed by atoms with E-state index in [0.29, 0.717) is 43.5 Å². The maximum Gasteiger partial charge on any atom is 0.256 e.